The third kappa shape index (κ3) is 4.88. The van der Waals surface area contributed by atoms with Crippen LogP contribution < -0.4 is 14.2 Å². The first-order chi connectivity index (χ1) is 11.5. The van der Waals surface area contributed by atoms with E-state index in [0.29, 0.717) is 30.4 Å². The van der Waals surface area contributed by atoms with Gasteiger partial charge >= 0.3 is 0 Å². The van der Waals surface area contributed by atoms with Crippen molar-refractivity contribution in [2.45, 2.75) is 25.2 Å². The van der Waals surface area contributed by atoms with Gasteiger partial charge in [0.05, 0.1) is 22.6 Å². The van der Waals surface area contributed by atoms with Gasteiger partial charge in [-0.05, 0) is 65.7 Å². The van der Waals surface area contributed by atoms with E-state index in [1.165, 1.54) is 12.1 Å². The molecule has 0 saturated carbocycles. The summed E-state index contributed by atoms with van der Waals surface area (Å²) in [5.41, 5.74) is 0.470. The zero-order chi connectivity index (χ0) is 17.6. The fraction of sp³-hybridized carbons (Fsp3) is 0.294. The van der Waals surface area contributed by atoms with E-state index in [9.17, 15) is 8.42 Å². The Bertz CT molecular complexity index is 776. The molecule has 0 bridgehead atoms. The van der Waals surface area contributed by atoms with Gasteiger partial charge < -0.3 is 9.47 Å². The number of benzene rings is 2. The molecule has 0 aliphatic heterocycles. The maximum absolute atomic E-state index is 12.5. The van der Waals surface area contributed by atoms with E-state index in [2.05, 4.69) is 20.7 Å². The normalized spacial score (nSPS) is 11.1. The van der Waals surface area contributed by atoms with Crippen molar-refractivity contribution in [3.05, 3.63) is 46.9 Å². The molecule has 0 radical (unpaired) electrons. The molecule has 130 valence electrons. The second-order valence-corrected chi connectivity index (χ2v) is 7.54. The number of sulfonamides is 1. The van der Waals surface area contributed by atoms with Gasteiger partial charge in [-0.25, -0.2) is 8.42 Å². The molecule has 7 heteroatoms. The van der Waals surface area contributed by atoms with Gasteiger partial charge in [-0.3, -0.25) is 4.72 Å². The van der Waals surface area contributed by atoms with Crippen molar-refractivity contribution < 1.29 is 17.9 Å². The van der Waals surface area contributed by atoms with Crippen molar-refractivity contribution in [1.29, 1.82) is 0 Å². The molecule has 0 heterocycles. The summed E-state index contributed by atoms with van der Waals surface area (Å²) in [6.45, 7) is 4.96. The van der Waals surface area contributed by atoms with Crippen LogP contribution in [-0.2, 0) is 10.0 Å². The minimum atomic E-state index is -3.69. The second kappa shape index (κ2) is 8.39. The van der Waals surface area contributed by atoms with E-state index in [1.807, 2.05) is 13.8 Å². The van der Waals surface area contributed by atoms with Crippen molar-refractivity contribution in [3.63, 3.8) is 0 Å². The Hall–Kier alpha value is -1.73. The summed E-state index contributed by atoms with van der Waals surface area (Å²) in [5, 5.41) is 0. The lowest BCUT2D eigenvalue weighted by atomic mass is 10.3. The molecule has 2 rings (SSSR count). The van der Waals surface area contributed by atoms with Crippen molar-refractivity contribution in [2.24, 2.45) is 0 Å². The van der Waals surface area contributed by atoms with Crippen LogP contribution in [0.25, 0.3) is 0 Å². The summed E-state index contributed by atoms with van der Waals surface area (Å²) >= 11 is 3.36. The number of halogens is 1. The van der Waals surface area contributed by atoms with Gasteiger partial charge in [-0.15, -0.1) is 0 Å². The fourth-order valence-electron chi connectivity index (χ4n) is 1.97. The van der Waals surface area contributed by atoms with Crippen LogP contribution in [0.5, 0.6) is 11.5 Å². The van der Waals surface area contributed by atoms with Crippen LogP contribution in [0.15, 0.2) is 51.8 Å². The van der Waals surface area contributed by atoms with Crippen molar-refractivity contribution in [1.82, 2.24) is 0 Å². The number of hydrogen-bond acceptors (Lipinski definition) is 4. The van der Waals surface area contributed by atoms with Crippen LogP contribution in [0.2, 0.25) is 0 Å². The molecule has 0 aliphatic rings. The smallest absolute Gasteiger partial charge is 0.262 e. The monoisotopic (exact) mass is 413 g/mol. The fourth-order valence-corrected chi connectivity index (χ4v) is 3.41. The minimum Gasteiger partial charge on any atom is -0.494 e. The number of ether oxygens (including phenoxy) is 2. The summed E-state index contributed by atoms with van der Waals surface area (Å²) in [6, 6.07) is 11.5. The summed E-state index contributed by atoms with van der Waals surface area (Å²) in [5.74, 6) is 1.20. The first-order valence-corrected chi connectivity index (χ1v) is 9.92. The molecule has 0 atom stereocenters. The summed E-state index contributed by atoms with van der Waals surface area (Å²) in [6.07, 6.45) is 0.841. The SMILES string of the molecule is CCCOc1cc(S(=O)(=O)Nc2ccc(OCC)cc2)ccc1Br. The van der Waals surface area contributed by atoms with E-state index in [4.69, 9.17) is 9.47 Å². The van der Waals surface area contributed by atoms with Gasteiger partial charge in [0, 0.05) is 11.8 Å². The van der Waals surface area contributed by atoms with E-state index in [0.717, 1.165) is 10.9 Å². The van der Waals surface area contributed by atoms with E-state index in [-0.39, 0.29) is 4.90 Å². The molecule has 0 aliphatic carbocycles. The average molecular weight is 414 g/mol. The van der Waals surface area contributed by atoms with Gasteiger partial charge in [0.1, 0.15) is 11.5 Å². The number of nitrogens with one attached hydrogen (secondary N) is 1. The lowest BCUT2D eigenvalue weighted by molar-refractivity contribution is 0.314. The highest BCUT2D eigenvalue weighted by molar-refractivity contribution is 9.10. The Morgan fingerprint density at radius 2 is 1.75 bits per heavy atom. The molecule has 0 unspecified atom stereocenters. The second-order valence-electron chi connectivity index (χ2n) is 5.00. The summed E-state index contributed by atoms with van der Waals surface area (Å²) < 4.78 is 39.2. The number of anilines is 1. The minimum absolute atomic E-state index is 0.144. The Morgan fingerprint density at radius 3 is 2.38 bits per heavy atom. The highest BCUT2D eigenvalue weighted by Gasteiger charge is 2.16. The Balaban J connectivity index is 2.20. The maximum Gasteiger partial charge on any atom is 0.262 e. The third-order valence-electron chi connectivity index (χ3n) is 3.09. The molecule has 2 aromatic carbocycles. The molecule has 0 amide bonds. The van der Waals surface area contributed by atoms with Crippen LogP contribution in [0.1, 0.15) is 20.3 Å². The zero-order valence-electron chi connectivity index (χ0n) is 13.6. The van der Waals surface area contributed by atoms with Gasteiger partial charge in [-0.2, -0.15) is 0 Å². The van der Waals surface area contributed by atoms with E-state index < -0.39 is 10.0 Å². The quantitative estimate of drug-likeness (QED) is 0.694. The van der Waals surface area contributed by atoms with Gasteiger partial charge in [0.2, 0.25) is 0 Å². The summed E-state index contributed by atoms with van der Waals surface area (Å²) in [4.78, 5) is 0.144. The number of rotatable bonds is 8. The lowest BCUT2D eigenvalue weighted by Crippen LogP contribution is -2.13. The largest absolute Gasteiger partial charge is 0.494 e. The van der Waals surface area contributed by atoms with Crippen LogP contribution >= 0.6 is 15.9 Å². The first-order valence-electron chi connectivity index (χ1n) is 7.64. The predicted octanol–water partition coefficient (Wildman–Crippen LogP) is 4.44. The molecule has 0 fully saturated rings. The highest BCUT2D eigenvalue weighted by Crippen LogP contribution is 2.29. The molecular formula is C17H20BrNO4S. The molecule has 0 saturated heterocycles. The predicted molar refractivity (Wildman–Crippen MR) is 98.3 cm³/mol. The Morgan fingerprint density at radius 1 is 1.04 bits per heavy atom. The van der Waals surface area contributed by atoms with Gasteiger partial charge in [0.15, 0.2) is 0 Å². The van der Waals surface area contributed by atoms with Crippen LogP contribution in [0.3, 0.4) is 0 Å². The highest BCUT2D eigenvalue weighted by atomic mass is 79.9. The molecule has 0 spiro atoms. The van der Waals surface area contributed by atoms with Gasteiger partial charge in [0.25, 0.3) is 10.0 Å². The first kappa shape index (κ1) is 18.6. The van der Waals surface area contributed by atoms with Crippen molar-refractivity contribution in [3.8, 4) is 11.5 Å². The van der Waals surface area contributed by atoms with Crippen LogP contribution in [0, 0.1) is 0 Å². The Labute approximate surface area is 151 Å². The topological polar surface area (TPSA) is 64.6 Å². The molecule has 2 aromatic rings. The molecule has 5 nitrogen and oxygen atoms in total. The van der Waals surface area contributed by atoms with Crippen LogP contribution in [-0.4, -0.2) is 21.6 Å². The number of hydrogen-bond donors (Lipinski definition) is 1. The average Bonchev–Trinajstić information content (AvgIpc) is 2.56. The zero-order valence-corrected chi connectivity index (χ0v) is 16.0. The molecular weight excluding hydrogens is 394 g/mol. The lowest BCUT2D eigenvalue weighted by Gasteiger charge is -2.12. The summed E-state index contributed by atoms with van der Waals surface area (Å²) in [7, 11) is -3.69. The molecule has 0 aromatic heterocycles. The van der Waals surface area contributed by atoms with Crippen molar-refractivity contribution in [2.75, 3.05) is 17.9 Å². The molecule has 1 N–H and O–H groups in total. The van der Waals surface area contributed by atoms with E-state index in [1.54, 1.807) is 30.3 Å². The van der Waals surface area contributed by atoms with Crippen LogP contribution in [0.4, 0.5) is 5.69 Å². The van der Waals surface area contributed by atoms with E-state index >= 15 is 0 Å². The van der Waals surface area contributed by atoms with Crippen molar-refractivity contribution >= 4 is 31.6 Å². The standard InChI is InChI=1S/C17H20BrNO4S/c1-3-11-23-17-12-15(9-10-16(17)18)24(20,21)19-13-5-7-14(8-6-13)22-4-2/h5-10,12,19H,3-4,11H2,1-2H3. The maximum atomic E-state index is 12.5. The van der Waals surface area contributed by atoms with Gasteiger partial charge in [-0.1, -0.05) is 6.92 Å². The third-order valence-corrected chi connectivity index (χ3v) is 5.13. The Kier molecular flexibility index (Phi) is 6.51. The molecule has 24 heavy (non-hydrogen) atoms.